The molecule has 0 N–H and O–H groups in total. The van der Waals surface area contributed by atoms with E-state index in [9.17, 15) is 0 Å². The summed E-state index contributed by atoms with van der Waals surface area (Å²) in [5, 5.41) is 0. The van der Waals surface area contributed by atoms with E-state index in [1.54, 1.807) is 11.1 Å². The van der Waals surface area contributed by atoms with Crippen molar-refractivity contribution in [2.45, 2.75) is 109 Å². The average Bonchev–Trinajstić information content (AvgIpc) is 3.49. The van der Waals surface area contributed by atoms with Gasteiger partial charge < -0.3 is 0 Å². The van der Waals surface area contributed by atoms with Gasteiger partial charge in [0.1, 0.15) is 0 Å². The van der Waals surface area contributed by atoms with Gasteiger partial charge in [-0.2, -0.15) is 0 Å². The maximum Gasteiger partial charge on any atom is 0.0215 e. The molecule has 0 fully saturated rings. The Labute approximate surface area is 320 Å². The third-order valence-corrected chi connectivity index (χ3v) is 11.9. The predicted molar refractivity (Wildman–Crippen MR) is 230 cm³/mol. The molecule has 0 atom stereocenters. The molecule has 1 aliphatic rings. The van der Waals surface area contributed by atoms with E-state index in [0.717, 1.165) is 0 Å². The van der Waals surface area contributed by atoms with E-state index >= 15 is 0 Å². The molecule has 6 aromatic rings. The van der Waals surface area contributed by atoms with Crippen LogP contribution in [-0.4, -0.2) is 0 Å². The van der Waals surface area contributed by atoms with Crippen molar-refractivity contribution in [3.63, 3.8) is 0 Å². The summed E-state index contributed by atoms with van der Waals surface area (Å²) in [6.45, 7) is 4.64. The topological polar surface area (TPSA) is 0 Å². The summed E-state index contributed by atoms with van der Waals surface area (Å²) in [6.07, 6.45) is 18.4. The average molecular weight is 695 g/mol. The minimum Gasteiger partial charge on any atom is -0.0654 e. The molecule has 6 aromatic carbocycles. The van der Waals surface area contributed by atoms with Crippen molar-refractivity contribution in [3.05, 3.63) is 157 Å². The maximum atomic E-state index is 2.59. The summed E-state index contributed by atoms with van der Waals surface area (Å²) in [5.74, 6) is 0. The van der Waals surface area contributed by atoms with Crippen molar-refractivity contribution in [1.29, 1.82) is 0 Å². The third-order valence-electron chi connectivity index (χ3n) is 11.9. The van der Waals surface area contributed by atoms with E-state index in [4.69, 9.17) is 0 Å². The molecular weight excluding hydrogens is 637 g/mol. The van der Waals surface area contributed by atoms with E-state index in [1.807, 2.05) is 0 Å². The molecular formula is C53H58. The number of benzene rings is 6. The molecule has 0 spiro atoms. The summed E-state index contributed by atoms with van der Waals surface area (Å²) in [5.41, 5.74) is 16.4. The van der Waals surface area contributed by atoms with Crippen LogP contribution in [0.15, 0.2) is 146 Å². The molecule has 270 valence electrons. The minimum atomic E-state index is 0.0279. The fourth-order valence-electron chi connectivity index (χ4n) is 8.90. The SMILES string of the molecule is CCCCCCCCC1(CCCCCCCC)c2cc(-c3ccc(-c4ccccc4)cc3)ccc2-c2ccc(-c3ccc(-c4ccccc4)cc3)cc21. The summed E-state index contributed by atoms with van der Waals surface area (Å²) in [6, 6.07) is 54.8. The first-order valence-electron chi connectivity index (χ1n) is 20.8. The van der Waals surface area contributed by atoms with Crippen LogP contribution >= 0.6 is 0 Å². The Morgan fingerprint density at radius 1 is 0.302 bits per heavy atom. The van der Waals surface area contributed by atoms with Gasteiger partial charge in [-0.15, -0.1) is 0 Å². The normalized spacial score (nSPS) is 12.8. The van der Waals surface area contributed by atoms with Crippen LogP contribution in [-0.2, 0) is 5.41 Å². The Morgan fingerprint density at radius 3 is 0.981 bits per heavy atom. The monoisotopic (exact) mass is 694 g/mol. The largest absolute Gasteiger partial charge is 0.0654 e. The van der Waals surface area contributed by atoms with Gasteiger partial charge in [0.2, 0.25) is 0 Å². The first-order chi connectivity index (χ1) is 26.2. The van der Waals surface area contributed by atoms with Gasteiger partial charge in [-0.05, 0) is 91.7 Å². The number of unbranched alkanes of at least 4 members (excludes halogenated alkanes) is 10. The predicted octanol–water partition coefficient (Wildman–Crippen LogP) is 16.1. The van der Waals surface area contributed by atoms with E-state index in [-0.39, 0.29) is 5.41 Å². The Balaban J connectivity index is 1.26. The van der Waals surface area contributed by atoms with E-state index in [0.29, 0.717) is 0 Å². The molecule has 53 heavy (non-hydrogen) atoms. The lowest BCUT2D eigenvalue weighted by Crippen LogP contribution is -2.25. The van der Waals surface area contributed by atoms with Gasteiger partial charge in [0.05, 0.1) is 0 Å². The lowest BCUT2D eigenvalue weighted by molar-refractivity contribution is 0.398. The molecule has 0 heteroatoms. The van der Waals surface area contributed by atoms with Gasteiger partial charge >= 0.3 is 0 Å². The van der Waals surface area contributed by atoms with E-state index < -0.39 is 0 Å². The zero-order valence-electron chi connectivity index (χ0n) is 32.3. The first-order valence-corrected chi connectivity index (χ1v) is 20.8. The smallest absolute Gasteiger partial charge is 0.0215 e. The Bertz CT molecular complexity index is 1870. The Morgan fingerprint density at radius 2 is 0.604 bits per heavy atom. The summed E-state index contributed by atoms with van der Waals surface area (Å²) < 4.78 is 0. The Kier molecular flexibility index (Phi) is 12.4. The second-order valence-corrected chi connectivity index (χ2v) is 15.5. The fourth-order valence-corrected chi connectivity index (χ4v) is 8.90. The molecule has 0 heterocycles. The zero-order chi connectivity index (χ0) is 36.3. The summed E-state index contributed by atoms with van der Waals surface area (Å²) in [4.78, 5) is 0. The molecule has 0 bridgehead atoms. The van der Waals surface area contributed by atoms with Crippen molar-refractivity contribution < 1.29 is 0 Å². The lowest BCUT2D eigenvalue weighted by atomic mass is 9.70. The highest BCUT2D eigenvalue weighted by molar-refractivity contribution is 5.86. The molecule has 0 aromatic heterocycles. The van der Waals surface area contributed by atoms with Gasteiger partial charge in [0.15, 0.2) is 0 Å². The van der Waals surface area contributed by atoms with Crippen molar-refractivity contribution >= 4 is 0 Å². The van der Waals surface area contributed by atoms with Gasteiger partial charge in [0.25, 0.3) is 0 Å². The second-order valence-electron chi connectivity index (χ2n) is 15.5. The standard InChI is InChI=1S/C53H58/c1-3-5-7-9-11-19-37-53(38-20-12-10-8-6-4-2)51-39-47(45-29-25-43(26-30-45)41-21-15-13-16-22-41)33-35-49(51)50-36-34-48(40-52(50)53)46-31-27-44(28-32-46)42-23-17-14-18-24-42/h13-18,21-36,39-40H,3-12,19-20,37-38H2,1-2H3. The number of fused-ring (bicyclic) bond motifs is 3. The minimum absolute atomic E-state index is 0.0279. The molecule has 0 nitrogen and oxygen atoms in total. The number of hydrogen-bond donors (Lipinski definition) is 0. The molecule has 0 amide bonds. The number of rotatable bonds is 18. The van der Waals surface area contributed by atoms with Crippen LogP contribution in [0.4, 0.5) is 0 Å². The number of hydrogen-bond acceptors (Lipinski definition) is 0. The highest BCUT2D eigenvalue weighted by Crippen LogP contribution is 2.56. The molecule has 0 saturated heterocycles. The fraction of sp³-hybridized carbons (Fsp3) is 0.321. The van der Waals surface area contributed by atoms with Crippen LogP contribution in [0.2, 0.25) is 0 Å². The Hall–Kier alpha value is -4.68. The van der Waals surface area contributed by atoms with Crippen molar-refractivity contribution in [1.82, 2.24) is 0 Å². The van der Waals surface area contributed by atoms with Crippen molar-refractivity contribution in [2.24, 2.45) is 0 Å². The van der Waals surface area contributed by atoms with Crippen LogP contribution in [0, 0.1) is 0 Å². The molecule has 0 saturated carbocycles. The highest BCUT2D eigenvalue weighted by Gasteiger charge is 2.42. The second kappa shape index (κ2) is 17.9. The van der Waals surface area contributed by atoms with Gasteiger partial charge in [0, 0.05) is 5.41 Å². The summed E-state index contributed by atoms with van der Waals surface area (Å²) in [7, 11) is 0. The summed E-state index contributed by atoms with van der Waals surface area (Å²) >= 11 is 0. The van der Waals surface area contributed by atoms with E-state index in [1.165, 1.54) is 146 Å². The molecule has 7 rings (SSSR count). The van der Waals surface area contributed by atoms with Gasteiger partial charge in [-0.3, -0.25) is 0 Å². The van der Waals surface area contributed by atoms with Crippen LogP contribution in [0.1, 0.15) is 115 Å². The van der Waals surface area contributed by atoms with Crippen LogP contribution < -0.4 is 0 Å². The van der Waals surface area contributed by atoms with Gasteiger partial charge in [-0.1, -0.05) is 224 Å². The molecule has 1 aliphatic carbocycles. The van der Waals surface area contributed by atoms with Crippen LogP contribution in [0.25, 0.3) is 55.6 Å². The first kappa shape index (κ1) is 36.7. The highest BCUT2D eigenvalue weighted by atomic mass is 14.5. The zero-order valence-corrected chi connectivity index (χ0v) is 32.3. The van der Waals surface area contributed by atoms with Crippen molar-refractivity contribution in [2.75, 3.05) is 0 Å². The van der Waals surface area contributed by atoms with Crippen molar-refractivity contribution in [3.8, 4) is 55.6 Å². The molecule has 0 aliphatic heterocycles. The third kappa shape index (κ3) is 8.44. The quantitative estimate of drug-likeness (QED) is 0.0786. The molecule has 0 unspecified atom stereocenters. The van der Waals surface area contributed by atoms with Gasteiger partial charge in [-0.25, -0.2) is 0 Å². The molecule has 0 radical (unpaired) electrons. The van der Waals surface area contributed by atoms with E-state index in [2.05, 4.69) is 159 Å². The van der Waals surface area contributed by atoms with Crippen LogP contribution in [0.5, 0.6) is 0 Å². The lowest BCUT2D eigenvalue weighted by Gasteiger charge is -2.33. The maximum absolute atomic E-state index is 2.59. The van der Waals surface area contributed by atoms with Crippen LogP contribution in [0.3, 0.4) is 0 Å².